The molecule has 91 valence electrons. The van der Waals surface area contributed by atoms with Gasteiger partial charge in [-0.25, -0.2) is 0 Å². The fraction of sp³-hybridized carbons (Fsp3) is 0. The molecular formula is C18H13Se. The van der Waals surface area contributed by atoms with E-state index in [4.69, 9.17) is 0 Å². The third kappa shape index (κ3) is 2.78. The van der Waals surface area contributed by atoms with E-state index >= 15 is 0 Å². The van der Waals surface area contributed by atoms with Crippen LogP contribution in [0, 0.1) is 0 Å². The number of benzene rings is 3. The summed E-state index contributed by atoms with van der Waals surface area (Å²) in [6.07, 6.45) is 0. The predicted octanol–water partition coefficient (Wildman–Crippen LogP) is 3.81. The number of hydrogen-bond acceptors (Lipinski definition) is 0. The molecule has 0 bridgehead atoms. The molecule has 0 aliphatic heterocycles. The van der Waals surface area contributed by atoms with Gasteiger partial charge in [-0.1, -0.05) is 0 Å². The average Bonchev–Trinajstić information content (AvgIpc) is 2.49. The molecule has 1 heteroatoms. The van der Waals surface area contributed by atoms with Gasteiger partial charge in [-0.15, -0.1) is 0 Å². The molecule has 0 aliphatic rings. The van der Waals surface area contributed by atoms with Crippen LogP contribution in [-0.2, 0) is 0 Å². The van der Waals surface area contributed by atoms with Crippen molar-refractivity contribution in [2.24, 2.45) is 0 Å². The van der Waals surface area contributed by atoms with E-state index in [1.807, 2.05) is 6.07 Å². The topological polar surface area (TPSA) is 0 Å². The summed E-state index contributed by atoms with van der Waals surface area (Å²) in [5.74, 6) is 0. The van der Waals surface area contributed by atoms with Crippen molar-refractivity contribution in [2.45, 2.75) is 0 Å². The van der Waals surface area contributed by atoms with E-state index < -0.39 is 0 Å². The van der Waals surface area contributed by atoms with Gasteiger partial charge in [0.15, 0.2) is 0 Å². The molecule has 1 radical (unpaired) electrons. The second-order valence-corrected chi connectivity index (χ2v) is 5.46. The van der Waals surface area contributed by atoms with Crippen molar-refractivity contribution in [3.8, 4) is 22.3 Å². The summed E-state index contributed by atoms with van der Waals surface area (Å²) in [5, 5.41) is 0. The molecule has 0 amide bonds. The minimum atomic E-state index is 1.17. The zero-order chi connectivity index (χ0) is 13.1. The fourth-order valence-corrected chi connectivity index (χ4v) is 2.42. The molecule has 0 nitrogen and oxygen atoms in total. The van der Waals surface area contributed by atoms with Crippen LogP contribution < -0.4 is 4.46 Å². The zero-order valence-corrected chi connectivity index (χ0v) is 12.1. The molecule has 0 atom stereocenters. The van der Waals surface area contributed by atoms with Gasteiger partial charge < -0.3 is 0 Å². The molecule has 3 aromatic rings. The van der Waals surface area contributed by atoms with Crippen molar-refractivity contribution >= 4 is 20.5 Å². The molecule has 3 rings (SSSR count). The summed E-state index contributed by atoms with van der Waals surface area (Å²) >= 11 is 3.01. The Bertz CT molecular complexity index is 652. The van der Waals surface area contributed by atoms with Gasteiger partial charge in [-0.05, 0) is 0 Å². The zero-order valence-electron chi connectivity index (χ0n) is 10.4. The Morgan fingerprint density at radius 3 is 1.26 bits per heavy atom. The summed E-state index contributed by atoms with van der Waals surface area (Å²) in [4.78, 5) is 0. The first-order valence-corrected chi connectivity index (χ1v) is 7.11. The van der Waals surface area contributed by atoms with E-state index in [0.717, 1.165) is 0 Å². The molecule has 0 spiro atoms. The first-order valence-electron chi connectivity index (χ1n) is 6.26. The van der Waals surface area contributed by atoms with Crippen LogP contribution in [0.4, 0.5) is 0 Å². The van der Waals surface area contributed by atoms with Gasteiger partial charge in [0.1, 0.15) is 0 Å². The first kappa shape index (κ1) is 12.2. The molecule has 3 aromatic carbocycles. The number of hydrogen-bond donors (Lipinski definition) is 0. The Balaban J connectivity index is 1.93. The third-order valence-corrected chi connectivity index (χ3v) is 3.75. The number of rotatable bonds is 2. The van der Waals surface area contributed by atoms with E-state index in [0.29, 0.717) is 0 Å². The van der Waals surface area contributed by atoms with Crippen LogP contribution in [0.15, 0.2) is 78.9 Å². The van der Waals surface area contributed by atoms with Crippen LogP contribution in [0.25, 0.3) is 22.3 Å². The fourth-order valence-electron chi connectivity index (χ4n) is 2.13. The van der Waals surface area contributed by atoms with Gasteiger partial charge in [0.25, 0.3) is 0 Å². The quantitative estimate of drug-likeness (QED) is 0.632. The molecule has 0 unspecified atom stereocenters. The van der Waals surface area contributed by atoms with Gasteiger partial charge in [-0.2, -0.15) is 0 Å². The van der Waals surface area contributed by atoms with Gasteiger partial charge in [0.05, 0.1) is 0 Å². The molecule has 0 aliphatic carbocycles. The molecule has 0 saturated carbocycles. The maximum absolute atomic E-state index is 3.01. The monoisotopic (exact) mass is 309 g/mol. The summed E-state index contributed by atoms with van der Waals surface area (Å²) < 4.78 is 1.17. The molecule has 19 heavy (non-hydrogen) atoms. The van der Waals surface area contributed by atoms with E-state index in [2.05, 4.69) is 88.8 Å². The molecular weight excluding hydrogens is 295 g/mol. The van der Waals surface area contributed by atoms with Crippen LogP contribution in [0.1, 0.15) is 0 Å². The summed E-state index contributed by atoms with van der Waals surface area (Å²) in [7, 11) is 0. The van der Waals surface area contributed by atoms with E-state index in [9.17, 15) is 0 Å². The summed E-state index contributed by atoms with van der Waals surface area (Å²) in [5.41, 5.74) is 5.01. The second-order valence-electron chi connectivity index (χ2n) is 4.47. The Labute approximate surface area is 121 Å². The SMILES string of the molecule is [Se]c1ccc(-c2ccc(-c3ccccc3)cc2)cc1. The predicted molar refractivity (Wildman–Crippen MR) is 82.7 cm³/mol. The Morgan fingerprint density at radius 1 is 0.421 bits per heavy atom. The van der Waals surface area contributed by atoms with Crippen molar-refractivity contribution in [3.05, 3.63) is 78.9 Å². The van der Waals surface area contributed by atoms with Crippen LogP contribution in [0.2, 0.25) is 0 Å². The Hall–Kier alpha value is -1.82. The molecule has 0 heterocycles. The van der Waals surface area contributed by atoms with Gasteiger partial charge in [0.2, 0.25) is 0 Å². The molecule has 0 fully saturated rings. The Morgan fingerprint density at radius 2 is 0.789 bits per heavy atom. The maximum atomic E-state index is 3.01. The van der Waals surface area contributed by atoms with E-state index in [1.165, 1.54) is 26.7 Å². The second kappa shape index (κ2) is 5.44. The first-order chi connectivity index (χ1) is 9.33. The van der Waals surface area contributed by atoms with Gasteiger partial charge in [0, 0.05) is 0 Å². The van der Waals surface area contributed by atoms with E-state index in [1.54, 1.807) is 0 Å². The third-order valence-electron chi connectivity index (χ3n) is 3.18. The molecule has 0 aromatic heterocycles. The molecule has 0 N–H and O–H groups in total. The minimum absolute atomic E-state index is 1.17. The van der Waals surface area contributed by atoms with Gasteiger partial charge in [-0.3, -0.25) is 0 Å². The van der Waals surface area contributed by atoms with Gasteiger partial charge >= 0.3 is 122 Å². The van der Waals surface area contributed by atoms with E-state index in [-0.39, 0.29) is 0 Å². The summed E-state index contributed by atoms with van der Waals surface area (Å²) in [6, 6.07) is 27.6. The van der Waals surface area contributed by atoms with Crippen LogP contribution >= 0.6 is 0 Å². The molecule has 0 saturated heterocycles. The van der Waals surface area contributed by atoms with Crippen molar-refractivity contribution in [2.75, 3.05) is 0 Å². The van der Waals surface area contributed by atoms with Crippen LogP contribution in [-0.4, -0.2) is 16.0 Å². The summed E-state index contributed by atoms with van der Waals surface area (Å²) in [6.45, 7) is 0. The van der Waals surface area contributed by atoms with Crippen molar-refractivity contribution in [1.29, 1.82) is 0 Å². The van der Waals surface area contributed by atoms with Crippen molar-refractivity contribution in [1.82, 2.24) is 0 Å². The van der Waals surface area contributed by atoms with Crippen LogP contribution in [0.3, 0.4) is 0 Å². The standard InChI is InChI=1S/C18H13Se/c19-18-12-10-17(11-13-18)16-8-6-15(7-9-16)14-4-2-1-3-5-14/h1-13H. The van der Waals surface area contributed by atoms with Crippen LogP contribution in [0.5, 0.6) is 0 Å². The average molecular weight is 308 g/mol. The normalized spacial score (nSPS) is 10.3. The van der Waals surface area contributed by atoms with Crippen molar-refractivity contribution < 1.29 is 0 Å². The Kier molecular flexibility index (Phi) is 3.50. The van der Waals surface area contributed by atoms with Crippen molar-refractivity contribution in [3.63, 3.8) is 0 Å².